The molecule has 1 aliphatic heterocycles. The summed E-state index contributed by atoms with van der Waals surface area (Å²) in [6, 6.07) is 9.71. The molecule has 0 atom stereocenters. The average molecular weight is 309 g/mol. The minimum absolute atomic E-state index is 0.270. The molecule has 1 saturated heterocycles. The van der Waals surface area contributed by atoms with Crippen molar-refractivity contribution < 1.29 is 9.13 Å². The second-order valence-electron chi connectivity index (χ2n) is 5.62. The molecular weight excluding hydrogens is 293 g/mol. The highest BCUT2D eigenvalue weighted by molar-refractivity contribution is 5.84. The van der Waals surface area contributed by atoms with Crippen molar-refractivity contribution in [3.8, 4) is 11.5 Å². The van der Waals surface area contributed by atoms with Crippen molar-refractivity contribution in [2.24, 2.45) is 0 Å². The van der Waals surface area contributed by atoms with E-state index in [1.807, 2.05) is 12.1 Å². The lowest BCUT2D eigenvalue weighted by Gasteiger charge is -2.17. The number of benzene rings is 1. The number of nitrogens with zero attached hydrogens (tertiary/aromatic N) is 3. The summed E-state index contributed by atoms with van der Waals surface area (Å²) in [7, 11) is 0. The van der Waals surface area contributed by atoms with Crippen molar-refractivity contribution in [3.05, 3.63) is 54.7 Å². The van der Waals surface area contributed by atoms with Crippen LogP contribution in [0.4, 0.5) is 10.1 Å². The molecule has 0 aliphatic carbocycles. The number of aromatic nitrogens is 2. The first-order chi connectivity index (χ1) is 11.3. The number of anilines is 1. The highest BCUT2D eigenvalue weighted by Gasteiger charge is 2.13. The Morgan fingerprint density at radius 3 is 2.57 bits per heavy atom. The number of fused-ring (bicyclic) bond motifs is 1. The Morgan fingerprint density at radius 1 is 1.00 bits per heavy atom. The van der Waals surface area contributed by atoms with Crippen molar-refractivity contribution in [2.45, 2.75) is 12.8 Å². The predicted octanol–water partition coefficient (Wildman–Crippen LogP) is 4.16. The molecule has 0 unspecified atom stereocenters. The number of ether oxygens (including phenoxy) is 1. The molecule has 116 valence electrons. The molecule has 4 nitrogen and oxygen atoms in total. The summed E-state index contributed by atoms with van der Waals surface area (Å²) < 4.78 is 19.6. The number of pyridine rings is 2. The number of rotatable bonds is 3. The largest absolute Gasteiger partial charge is 0.457 e. The maximum Gasteiger partial charge on any atom is 0.167 e. The highest BCUT2D eigenvalue weighted by atomic mass is 19.1. The fourth-order valence-electron chi connectivity index (χ4n) is 2.93. The van der Waals surface area contributed by atoms with Gasteiger partial charge in [0.1, 0.15) is 17.0 Å². The first-order valence-electron chi connectivity index (χ1n) is 7.72. The Hall–Kier alpha value is -2.69. The van der Waals surface area contributed by atoms with Crippen LogP contribution in [0.15, 0.2) is 48.9 Å². The maximum atomic E-state index is 13.7. The molecule has 2 aromatic heterocycles. The molecule has 3 aromatic rings. The van der Waals surface area contributed by atoms with Gasteiger partial charge in [0.2, 0.25) is 0 Å². The molecule has 3 heterocycles. The zero-order valence-corrected chi connectivity index (χ0v) is 12.6. The topological polar surface area (TPSA) is 38.2 Å². The summed E-state index contributed by atoms with van der Waals surface area (Å²) in [5.41, 5.74) is 1.48. The zero-order chi connectivity index (χ0) is 15.6. The first-order valence-corrected chi connectivity index (χ1v) is 7.72. The summed E-state index contributed by atoms with van der Waals surface area (Å²) in [5.74, 6) is 0.818. The number of hydrogen-bond acceptors (Lipinski definition) is 4. The molecule has 0 amide bonds. The van der Waals surface area contributed by atoms with Gasteiger partial charge in [0.05, 0.1) is 11.6 Å². The molecule has 23 heavy (non-hydrogen) atoms. The van der Waals surface area contributed by atoms with E-state index in [1.165, 1.54) is 18.5 Å². The summed E-state index contributed by atoms with van der Waals surface area (Å²) in [5, 5.41) is 0.566. The molecule has 0 saturated carbocycles. The molecule has 1 aromatic carbocycles. The van der Waals surface area contributed by atoms with E-state index in [0.717, 1.165) is 19.3 Å². The van der Waals surface area contributed by atoms with E-state index in [9.17, 15) is 4.39 Å². The quantitative estimate of drug-likeness (QED) is 0.728. The van der Waals surface area contributed by atoms with Gasteiger partial charge in [-0.25, -0.2) is 4.39 Å². The van der Waals surface area contributed by atoms with E-state index < -0.39 is 5.82 Å². The fourth-order valence-corrected chi connectivity index (χ4v) is 2.93. The van der Waals surface area contributed by atoms with Gasteiger partial charge in [0.15, 0.2) is 5.82 Å². The summed E-state index contributed by atoms with van der Waals surface area (Å²) in [6.45, 7) is 2.22. The molecule has 1 fully saturated rings. The number of halogens is 1. The second kappa shape index (κ2) is 5.83. The SMILES string of the molecule is Fc1cncc2c(Oc3ccc(N4CCCC4)cc3)ccnc12. The minimum Gasteiger partial charge on any atom is -0.457 e. The number of hydrogen-bond donors (Lipinski definition) is 0. The normalized spacial score (nSPS) is 14.4. The molecule has 0 radical (unpaired) electrons. The molecule has 4 rings (SSSR count). The smallest absolute Gasteiger partial charge is 0.167 e. The van der Waals surface area contributed by atoms with Crippen LogP contribution >= 0.6 is 0 Å². The van der Waals surface area contributed by atoms with Crippen LogP contribution in [0, 0.1) is 5.82 Å². The monoisotopic (exact) mass is 309 g/mol. The van der Waals surface area contributed by atoms with Gasteiger partial charge in [-0.15, -0.1) is 0 Å². The van der Waals surface area contributed by atoms with Crippen molar-refractivity contribution in [1.29, 1.82) is 0 Å². The van der Waals surface area contributed by atoms with Crippen LogP contribution in [0.5, 0.6) is 11.5 Å². The van der Waals surface area contributed by atoms with Gasteiger partial charge in [-0.05, 0) is 43.2 Å². The predicted molar refractivity (Wildman–Crippen MR) is 87.5 cm³/mol. The lowest BCUT2D eigenvalue weighted by atomic mass is 10.2. The fraction of sp³-hybridized carbons (Fsp3) is 0.222. The van der Waals surface area contributed by atoms with Crippen molar-refractivity contribution >= 4 is 16.6 Å². The summed E-state index contributed by atoms with van der Waals surface area (Å²) >= 11 is 0. The molecular formula is C18H16FN3O. The zero-order valence-electron chi connectivity index (χ0n) is 12.6. The first kappa shape index (κ1) is 13.9. The molecule has 1 aliphatic rings. The van der Waals surface area contributed by atoms with Crippen LogP contribution in [0.3, 0.4) is 0 Å². The van der Waals surface area contributed by atoms with Gasteiger partial charge in [0, 0.05) is 31.2 Å². The van der Waals surface area contributed by atoms with Gasteiger partial charge in [-0.2, -0.15) is 0 Å². The highest BCUT2D eigenvalue weighted by Crippen LogP contribution is 2.30. The van der Waals surface area contributed by atoms with Gasteiger partial charge < -0.3 is 9.64 Å². The Bertz CT molecular complexity index is 829. The van der Waals surface area contributed by atoms with E-state index in [2.05, 4.69) is 27.0 Å². The lowest BCUT2D eigenvalue weighted by Crippen LogP contribution is -2.17. The third-order valence-electron chi connectivity index (χ3n) is 4.10. The van der Waals surface area contributed by atoms with Gasteiger partial charge in [-0.1, -0.05) is 0 Å². The summed E-state index contributed by atoms with van der Waals surface area (Å²) in [6.07, 6.45) is 6.77. The maximum absolute atomic E-state index is 13.7. The van der Waals surface area contributed by atoms with Crippen LogP contribution in [-0.4, -0.2) is 23.1 Å². The lowest BCUT2D eigenvalue weighted by molar-refractivity contribution is 0.487. The molecule has 5 heteroatoms. The molecule has 0 bridgehead atoms. The van der Waals surface area contributed by atoms with Crippen molar-refractivity contribution in [2.75, 3.05) is 18.0 Å². The van der Waals surface area contributed by atoms with Gasteiger partial charge >= 0.3 is 0 Å². The van der Waals surface area contributed by atoms with Gasteiger partial charge in [0.25, 0.3) is 0 Å². The van der Waals surface area contributed by atoms with Crippen molar-refractivity contribution in [3.63, 3.8) is 0 Å². The third-order valence-corrected chi connectivity index (χ3v) is 4.10. The Morgan fingerprint density at radius 2 is 1.78 bits per heavy atom. The minimum atomic E-state index is -0.447. The summed E-state index contributed by atoms with van der Waals surface area (Å²) in [4.78, 5) is 10.3. The van der Waals surface area contributed by atoms with E-state index in [-0.39, 0.29) is 5.52 Å². The van der Waals surface area contributed by atoms with E-state index in [1.54, 1.807) is 18.5 Å². The standard InChI is InChI=1S/C18H16FN3O/c19-16-12-20-11-15-17(7-8-21-18(15)16)23-14-5-3-13(4-6-14)22-9-1-2-10-22/h3-8,11-12H,1-2,9-10H2. The second-order valence-corrected chi connectivity index (χ2v) is 5.62. The Labute approximate surface area is 133 Å². The van der Waals surface area contributed by atoms with Crippen LogP contribution in [-0.2, 0) is 0 Å². The van der Waals surface area contributed by atoms with Crippen LogP contribution in [0.25, 0.3) is 10.9 Å². The van der Waals surface area contributed by atoms with Crippen LogP contribution < -0.4 is 9.64 Å². The van der Waals surface area contributed by atoms with Gasteiger partial charge in [-0.3, -0.25) is 9.97 Å². The Kier molecular flexibility index (Phi) is 3.54. The van der Waals surface area contributed by atoms with Crippen molar-refractivity contribution in [1.82, 2.24) is 9.97 Å². The third kappa shape index (κ3) is 2.70. The van der Waals surface area contributed by atoms with Crippen LogP contribution in [0.2, 0.25) is 0 Å². The van der Waals surface area contributed by atoms with Crippen LogP contribution in [0.1, 0.15) is 12.8 Å². The van der Waals surface area contributed by atoms with E-state index in [4.69, 9.17) is 4.74 Å². The molecule has 0 spiro atoms. The Balaban J connectivity index is 1.62. The average Bonchev–Trinajstić information content (AvgIpc) is 3.11. The molecule has 0 N–H and O–H groups in total. The van der Waals surface area contributed by atoms with E-state index in [0.29, 0.717) is 16.9 Å². The van der Waals surface area contributed by atoms with E-state index >= 15 is 0 Å².